The normalized spacial score (nSPS) is 11.3. The molecule has 31 heavy (non-hydrogen) atoms. The van der Waals surface area contributed by atoms with E-state index in [2.05, 4.69) is 5.32 Å². The Hall–Kier alpha value is -2.25. The van der Waals surface area contributed by atoms with E-state index in [1.165, 1.54) is 30.3 Å². The standard InChI is InChI=1S/C22H19Cl3N2O3S/c1-14-3-6-20(7-4-14)31(29,30)27(19-11-17(24)10-18(25)12-19)13-22(28)26-21-8-5-16(23)9-15(21)2/h3-12H,13H2,1-2H3,(H,26,28). The van der Waals surface area contributed by atoms with Crippen molar-refractivity contribution >= 4 is 62.1 Å². The minimum Gasteiger partial charge on any atom is -0.324 e. The summed E-state index contributed by atoms with van der Waals surface area (Å²) in [7, 11) is -4.07. The van der Waals surface area contributed by atoms with E-state index in [1.807, 2.05) is 6.92 Å². The average molecular weight is 498 g/mol. The molecule has 0 radical (unpaired) electrons. The van der Waals surface area contributed by atoms with Gasteiger partial charge in [0.1, 0.15) is 6.54 Å². The molecule has 0 aliphatic rings. The molecule has 0 saturated carbocycles. The Balaban J connectivity index is 1.99. The number of amides is 1. The molecule has 9 heteroatoms. The van der Waals surface area contributed by atoms with Crippen molar-refractivity contribution in [2.24, 2.45) is 0 Å². The first kappa shape index (κ1) is 23.4. The van der Waals surface area contributed by atoms with Crippen molar-refractivity contribution in [1.82, 2.24) is 0 Å². The number of carbonyl (C=O) groups is 1. The third-order valence-corrected chi connectivity index (χ3v) is 6.95. The zero-order valence-corrected chi connectivity index (χ0v) is 19.8. The number of sulfonamides is 1. The molecule has 0 aliphatic carbocycles. The van der Waals surface area contributed by atoms with Gasteiger partial charge in [-0.05, 0) is 67.9 Å². The van der Waals surface area contributed by atoms with E-state index in [0.717, 1.165) is 15.4 Å². The van der Waals surface area contributed by atoms with Gasteiger partial charge in [0.25, 0.3) is 10.0 Å². The van der Waals surface area contributed by atoms with Crippen LogP contribution in [-0.2, 0) is 14.8 Å². The Morgan fingerprint density at radius 2 is 1.48 bits per heavy atom. The Morgan fingerprint density at radius 1 is 0.871 bits per heavy atom. The molecule has 0 atom stereocenters. The molecule has 3 aromatic rings. The minimum atomic E-state index is -4.07. The minimum absolute atomic E-state index is 0.0460. The number of aryl methyl sites for hydroxylation is 2. The van der Waals surface area contributed by atoms with E-state index in [-0.39, 0.29) is 20.6 Å². The maximum Gasteiger partial charge on any atom is 0.264 e. The van der Waals surface area contributed by atoms with E-state index in [0.29, 0.717) is 10.7 Å². The first-order valence-corrected chi connectivity index (χ1v) is 11.7. The third-order valence-electron chi connectivity index (χ3n) is 4.49. The highest BCUT2D eigenvalue weighted by atomic mass is 35.5. The van der Waals surface area contributed by atoms with Crippen LogP contribution in [0.25, 0.3) is 0 Å². The number of nitrogens with zero attached hydrogens (tertiary/aromatic N) is 1. The Morgan fingerprint density at radius 3 is 2.06 bits per heavy atom. The van der Waals surface area contributed by atoms with Gasteiger partial charge in [0.2, 0.25) is 5.91 Å². The van der Waals surface area contributed by atoms with E-state index in [9.17, 15) is 13.2 Å². The maximum absolute atomic E-state index is 13.4. The molecule has 0 aromatic heterocycles. The van der Waals surface area contributed by atoms with Crippen molar-refractivity contribution in [2.75, 3.05) is 16.2 Å². The smallest absolute Gasteiger partial charge is 0.264 e. The molecule has 0 unspecified atom stereocenters. The van der Waals surface area contributed by atoms with Crippen molar-refractivity contribution in [3.63, 3.8) is 0 Å². The topological polar surface area (TPSA) is 66.5 Å². The van der Waals surface area contributed by atoms with Crippen LogP contribution in [0.4, 0.5) is 11.4 Å². The van der Waals surface area contributed by atoms with E-state index in [4.69, 9.17) is 34.8 Å². The van der Waals surface area contributed by atoms with Crippen LogP contribution in [0.2, 0.25) is 15.1 Å². The largest absolute Gasteiger partial charge is 0.324 e. The van der Waals surface area contributed by atoms with Crippen LogP contribution in [0, 0.1) is 13.8 Å². The summed E-state index contributed by atoms with van der Waals surface area (Å²) in [6.45, 7) is 3.17. The van der Waals surface area contributed by atoms with Gasteiger partial charge < -0.3 is 5.32 Å². The van der Waals surface area contributed by atoms with Gasteiger partial charge in [0, 0.05) is 20.8 Å². The number of halogens is 3. The lowest BCUT2D eigenvalue weighted by atomic mass is 10.2. The van der Waals surface area contributed by atoms with Gasteiger partial charge in [-0.2, -0.15) is 0 Å². The second-order valence-electron chi connectivity index (χ2n) is 6.96. The Kier molecular flexibility index (Phi) is 7.17. The van der Waals surface area contributed by atoms with Crippen LogP contribution >= 0.6 is 34.8 Å². The molecular formula is C22H19Cl3N2O3S. The molecule has 162 valence electrons. The van der Waals surface area contributed by atoms with Crippen LogP contribution in [0.15, 0.2) is 65.6 Å². The summed E-state index contributed by atoms with van der Waals surface area (Å²) < 4.78 is 27.8. The highest BCUT2D eigenvalue weighted by Gasteiger charge is 2.28. The molecule has 0 spiro atoms. The van der Waals surface area contributed by atoms with Crippen LogP contribution in [0.3, 0.4) is 0 Å². The average Bonchev–Trinajstić information content (AvgIpc) is 2.68. The zero-order chi connectivity index (χ0) is 22.8. The lowest BCUT2D eigenvalue weighted by Gasteiger charge is -2.25. The predicted octanol–water partition coefficient (Wildman–Crippen LogP) is 6.10. The molecule has 5 nitrogen and oxygen atoms in total. The van der Waals surface area contributed by atoms with E-state index in [1.54, 1.807) is 37.3 Å². The van der Waals surface area contributed by atoms with E-state index < -0.39 is 22.5 Å². The maximum atomic E-state index is 13.4. The summed E-state index contributed by atoms with van der Waals surface area (Å²) in [5.41, 5.74) is 2.37. The molecule has 0 bridgehead atoms. The quantitative estimate of drug-likeness (QED) is 0.447. The van der Waals surface area contributed by atoms with Crippen LogP contribution in [-0.4, -0.2) is 20.9 Å². The van der Waals surface area contributed by atoms with Gasteiger partial charge in [0.05, 0.1) is 10.6 Å². The Bertz CT molecular complexity index is 1210. The molecular weight excluding hydrogens is 479 g/mol. The zero-order valence-electron chi connectivity index (χ0n) is 16.7. The summed E-state index contributed by atoms with van der Waals surface area (Å²) in [6, 6.07) is 15.7. The number of anilines is 2. The van der Waals surface area contributed by atoms with Crippen molar-refractivity contribution in [3.8, 4) is 0 Å². The second-order valence-corrected chi connectivity index (χ2v) is 10.1. The van der Waals surface area contributed by atoms with Crippen LogP contribution < -0.4 is 9.62 Å². The van der Waals surface area contributed by atoms with Gasteiger partial charge >= 0.3 is 0 Å². The summed E-state index contributed by atoms with van der Waals surface area (Å²) in [4.78, 5) is 12.9. The van der Waals surface area contributed by atoms with E-state index >= 15 is 0 Å². The van der Waals surface area contributed by atoms with Crippen LogP contribution in [0.1, 0.15) is 11.1 Å². The summed E-state index contributed by atoms with van der Waals surface area (Å²) in [5, 5.41) is 3.77. The fourth-order valence-corrected chi connectivity index (χ4v) is 5.07. The van der Waals surface area contributed by atoms with Gasteiger partial charge in [0.15, 0.2) is 0 Å². The summed E-state index contributed by atoms with van der Waals surface area (Å²) in [5.74, 6) is -0.530. The molecule has 0 heterocycles. The SMILES string of the molecule is Cc1ccc(S(=O)(=O)N(CC(=O)Nc2ccc(Cl)cc2C)c2cc(Cl)cc(Cl)c2)cc1. The number of hydrogen-bond donors (Lipinski definition) is 1. The lowest BCUT2D eigenvalue weighted by molar-refractivity contribution is -0.114. The Labute approximate surface area is 196 Å². The van der Waals surface area contributed by atoms with Gasteiger partial charge in [-0.3, -0.25) is 9.10 Å². The van der Waals surface area contributed by atoms with Gasteiger partial charge in [-0.1, -0.05) is 52.5 Å². The van der Waals surface area contributed by atoms with Gasteiger partial charge in [-0.15, -0.1) is 0 Å². The third kappa shape index (κ3) is 5.71. The molecule has 1 amide bonds. The molecule has 3 rings (SSSR count). The van der Waals surface area contributed by atoms with Crippen molar-refractivity contribution in [2.45, 2.75) is 18.7 Å². The highest BCUT2D eigenvalue weighted by molar-refractivity contribution is 7.92. The number of rotatable bonds is 6. The fraction of sp³-hybridized carbons (Fsp3) is 0.136. The number of nitrogens with one attached hydrogen (secondary N) is 1. The van der Waals surface area contributed by atoms with Crippen molar-refractivity contribution in [1.29, 1.82) is 0 Å². The predicted molar refractivity (Wildman–Crippen MR) is 127 cm³/mol. The van der Waals surface area contributed by atoms with Crippen molar-refractivity contribution < 1.29 is 13.2 Å². The number of hydrogen-bond acceptors (Lipinski definition) is 3. The molecule has 0 fully saturated rings. The summed E-state index contributed by atoms with van der Waals surface area (Å²) >= 11 is 18.1. The number of benzene rings is 3. The van der Waals surface area contributed by atoms with Gasteiger partial charge in [-0.25, -0.2) is 8.42 Å². The second kappa shape index (κ2) is 9.49. The molecule has 0 aliphatic heterocycles. The van der Waals surface area contributed by atoms with Crippen LogP contribution in [0.5, 0.6) is 0 Å². The monoisotopic (exact) mass is 496 g/mol. The van der Waals surface area contributed by atoms with Crippen molar-refractivity contribution in [3.05, 3.63) is 86.9 Å². The summed E-state index contributed by atoms with van der Waals surface area (Å²) in [6.07, 6.45) is 0. The number of carbonyl (C=O) groups excluding carboxylic acids is 1. The highest BCUT2D eigenvalue weighted by Crippen LogP contribution is 2.30. The molecule has 3 aromatic carbocycles. The molecule has 1 N–H and O–H groups in total. The molecule has 0 saturated heterocycles. The first-order chi connectivity index (χ1) is 14.6. The first-order valence-electron chi connectivity index (χ1n) is 9.18. The fourth-order valence-electron chi connectivity index (χ4n) is 2.92. The lowest BCUT2D eigenvalue weighted by Crippen LogP contribution is -2.38.